The number of likely N-dealkylation sites (tertiary alicyclic amines) is 1. The Morgan fingerprint density at radius 1 is 1.13 bits per heavy atom. The van der Waals surface area contributed by atoms with Gasteiger partial charge in [-0.05, 0) is 55.9 Å². The molecule has 1 aliphatic carbocycles. The maximum Gasteiger partial charge on any atom is 0.311 e. The van der Waals surface area contributed by atoms with Crippen molar-refractivity contribution in [3.8, 4) is 11.5 Å². The number of hydrogen-bond acceptors (Lipinski definition) is 4. The van der Waals surface area contributed by atoms with E-state index in [9.17, 15) is 9.90 Å². The van der Waals surface area contributed by atoms with E-state index in [1.807, 2.05) is 43.3 Å². The third kappa shape index (κ3) is 4.17. The van der Waals surface area contributed by atoms with Gasteiger partial charge in [0.15, 0.2) is 11.5 Å². The van der Waals surface area contributed by atoms with E-state index in [0.29, 0.717) is 18.8 Å². The molecule has 1 saturated heterocycles. The summed E-state index contributed by atoms with van der Waals surface area (Å²) in [7, 11) is 1.65. The van der Waals surface area contributed by atoms with E-state index in [0.717, 1.165) is 30.7 Å². The first-order valence-corrected chi connectivity index (χ1v) is 10.8. The number of carboxylic acid groups (broad SMARTS) is 1. The summed E-state index contributed by atoms with van der Waals surface area (Å²) in [5.41, 5.74) is 1.35. The molecule has 0 spiro atoms. The molecule has 0 aromatic heterocycles. The van der Waals surface area contributed by atoms with Gasteiger partial charge in [0.25, 0.3) is 0 Å². The first-order valence-electron chi connectivity index (χ1n) is 10.8. The van der Waals surface area contributed by atoms with Crippen LogP contribution < -0.4 is 9.47 Å². The molecule has 2 aliphatic rings. The zero-order valence-electron chi connectivity index (χ0n) is 17.8. The predicted octanol–water partition coefficient (Wildman–Crippen LogP) is 4.71. The van der Waals surface area contributed by atoms with E-state index in [1.165, 1.54) is 18.4 Å². The molecule has 1 heterocycles. The number of ether oxygens (including phenoxy) is 2. The van der Waals surface area contributed by atoms with Crippen molar-refractivity contribution in [3.05, 3.63) is 59.7 Å². The normalized spacial score (nSPS) is 24.8. The summed E-state index contributed by atoms with van der Waals surface area (Å²) >= 11 is 0. The van der Waals surface area contributed by atoms with Gasteiger partial charge in [-0.1, -0.05) is 36.4 Å². The molecule has 1 N–H and O–H groups in total. The largest absolute Gasteiger partial charge is 0.493 e. The lowest BCUT2D eigenvalue weighted by molar-refractivity contribution is -0.148. The van der Waals surface area contributed by atoms with Crippen LogP contribution in [0.4, 0.5) is 0 Å². The molecule has 2 aromatic carbocycles. The van der Waals surface area contributed by atoms with Crippen molar-refractivity contribution in [1.82, 2.24) is 4.90 Å². The topological polar surface area (TPSA) is 59.0 Å². The minimum Gasteiger partial charge on any atom is -0.493 e. The minimum atomic E-state index is -0.853. The molecule has 2 fully saturated rings. The summed E-state index contributed by atoms with van der Waals surface area (Å²) in [6, 6.07) is 16.2. The summed E-state index contributed by atoms with van der Waals surface area (Å²) in [4.78, 5) is 14.6. The van der Waals surface area contributed by atoms with Gasteiger partial charge >= 0.3 is 5.97 Å². The Labute approximate surface area is 178 Å². The molecule has 1 saturated carbocycles. The van der Waals surface area contributed by atoms with Crippen LogP contribution in [0.5, 0.6) is 11.5 Å². The average Bonchev–Trinajstić information content (AvgIpc) is 3.37. The maximum absolute atomic E-state index is 12.3. The molecule has 0 radical (unpaired) electrons. The Morgan fingerprint density at radius 3 is 2.53 bits per heavy atom. The molecular formula is C25H31NO4. The van der Waals surface area contributed by atoms with Crippen LogP contribution in [0.1, 0.15) is 49.7 Å². The van der Waals surface area contributed by atoms with Gasteiger partial charge in [0.2, 0.25) is 0 Å². The number of nitrogens with zero attached hydrogens (tertiary/aromatic N) is 1. The fraction of sp³-hybridized carbons (Fsp3) is 0.480. The fourth-order valence-corrected chi connectivity index (χ4v) is 4.94. The lowest BCUT2D eigenvalue weighted by Crippen LogP contribution is -2.35. The summed E-state index contributed by atoms with van der Waals surface area (Å²) in [6.45, 7) is 3.84. The highest BCUT2D eigenvalue weighted by Gasteiger charge is 2.49. The molecule has 2 aromatic rings. The Kier molecular flexibility index (Phi) is 6.00. The third-order valence-electron chi connectivity index (χ3n) is 6.69. The third-order valence-corrected chi connectivity index (χ3v) is 6.69. The Morgan fingerprint density at radius 2 is 1.87 bits per heavy atom. The van der Waals surface area contributed by atoms with E-state index < -0.39 is 11.4 Å². The second-order valence-electron chi connectivity index (χ2n) is 8.87. The standard InChI is InChI=1S/C25H31NO4/c1-25(24(27)28)17-26(15-18-8-4-3-5-9-18)16-21(25)19-12-13-22(29-2)23(14-19)30-20-10-6-7-11-20/h3-5,8-9,12-14,20-21H,6-7,10-11,15-17H2,1-2H3,(H,27,28). The first kappa shape index (κ1) is 20.7. The van der Waals surface area contributed by atoms with Crippen molar-refractivity contribution in [1.29, 1.82) is 0 Å². The minimum absolute atomic E-state index is 0.115. The molecule has 5 nitrogen and oxygen atoms in total. The highest BCUT2D eigenvalue weighted by Crippen LogP contribution is 2.45. The van der Waals surface area contributed by atoms with E-state index in [-0.39, 0.29) is 12.0 Å². The van der Waals surface area contributed by atoms with Gasteiger partial charge in [-0.2, -0.15) is 0 Å². The van der Waals surface area contributed by atoms with Crippen molar-refractivity contribution >= 4 is 5.97 Å². The molecule has 0 amide bonds. The second-order valence-corrected chi connectivity index (χ2v) is 8.87. The predicted molar refractivity (Wildman–Crippen MR) is 116 cm³/mol. The molecule has 5 heteroatoms. The van der Waals surface area contributed by atoms with Crippen LogP contribution in [-0.2, 0) is 11.3 Å². The second kappa shape index (κ2) is 8.68. The highest BCUT2D eigenvalue weighted by atomic mass is 16.5. The Hall–Kier alpha value is -2.53. The first-order chi connectivity index (χ1) is 14.5. The number of carbonyl (C=O) groups is 1. The van der Waals surface area contributed by atoms with Crippen LogP contribution in [0.25, 0.3) is 0 Å². The van der Waals surface area contributed by atoms with Crippen molar-refractivity contribution in [2.24, 2.45) is 5.41 Å². The molecule has 4 rings (SSSR count). The summed E-state index contributed by atoms with van der Waals surface area (Å²) in [5.74, 6) is 0.575. The average molecular weight is 410 g/mol. The van der Waals surface area contributed by atoms with Crippen molar-refractivity contribution < 1.29 is 19.4 Å². The highest BCUT2D eigenvalue weighted by molar-refractivity contribution is 5.77. The van der Waals surface area contributed by atoms with Crippen LogP contribution in [0.15, 0.2) is 48.5 Å². The van der Waals surface area contributed by atoms with E-state index in [1.54, 1.807) is 7.11 Å². The van der Waals surface area contributed by atoms with Gasteiger partial charge in [-0.3, -0.25) is 9.69 Å². The van der Waals surface area contributed by atoms with Crippen molar-refractivity contribution in [2.45, 2.75) is 51.2 Å². The van der Waals surface area contributed by atoms with Crippen LogP contribution in [0, 0.1) is 5.41 Å². The summed E-state index contributed by atoms with van der Waals surface area (Å²) in [6.07, 6.45) is 4.74. The Bertz CT molecular complexity index is 878. The van der Waals surface area contributed by atoms with E-state index in [2.05, 4.69) is 17.0 Å². The van der Waals surface area contributed by atoms with Gasteiger partial charge in [0.05, 0.1) is 18.6 Å². The lowest BCUT2D eigenvalue weighted by atomic mass is 9.76. The van der Waals surface area contributed by atoms with Gasteiger partial charge in [0.1, 0.15) is 0 Å². The molecule has 2 unspecified atom stereocenters. The Balaban J connectivity index is 1.60. The quantitative estimate of drug-likeness (QED) is 0.718. The maximum atomic E-state index is 12.3. The lowest BCUT2D eigenvalue weighted by Gasteiger charge is -2.27. The van der Waals surface area contributed by atoms with E-state index >= 15 is 0 Å². The van der Waals surface area contributed by atoms with E-state index in [4.69, 9.17) is 9.47 Å². The molecular weight excluding hydrogens is 378 g/mol. The van der Waals surface area contributed by atoms with Crippen LogP contribution in [0.3, 0.4) is 0 Å². The number of carboxylic acids is 1. The molecule has 1 aliphatic heterocycles. The zero-order valence-corrected chi connectivity index (χ0v) is 17.8. The summed E-state index contributed by atoms with van der Waals surface area (Å²) in [5, 5.41) is 10.1. The molecule has 30 heavy (non-hydrogen) atoms. The molecule has 160 valence electrons. The fourth-order valence-electron chi connectivity index (χ4n) is 4.94. The zero-order chi connectivity index (χ0) is 21.1. The number of rotatable bonds is 7. The van der Waals surface area contributed by atoms with Gasteiger partial charge in [-0.25, -0.2) is 0 Å². The number of aliphatic carboxylic acids is 1. The number of benzene rings is 2. The van der Waals surface area contributed by atoms with Gasteiger partial charge < -0.3 is 14.6 Å². The molecule has 0 bridgehead atoms. The van der Waals surface area contributed by atoms with Gasteiger partial charge in [-0.15, -0.1) is 0 Å². The van der Waals surface area contributed by atoms with Crippen LogP contribution in [0.2, 0.25) is 0 Å². The SMILES string of the molecule is COc1ccc(C2CN(Cc3ccccc3)CC2(C)C(=O)O)cc1OC1CCCC1. The van der Waals surface area contributed by atoms with Crippen LogP contribution >= 0.6 is 0 Å². The van der Waals surface area contributed by atoms with Crippen molar-refractivity contribution in [3.63, 3.8) is 0 Å². The monoisotopic (exact) mass is 409 g/mol. The smallest absolute Gasteiger partial charge is 0.311 e. The summed E-state index contributed by atoms with van der Waals surface area (Å²) < 4.78 is 11.8. The van der Waals surface area contributed by atoms with Crippen molar-refractivity contribution in [2.75, 3.05) is 20.2 Å². The molecule has 2 atom stereocenters. The van der Waals surface area contributed by atoms with Gasteiger partial charge in [0, 0.05) is 25.6 Å². The van der Waals surface area contributed by atoms with Crippen LogP contribution in [-0.4, -0.2) is 42.3 Å². The number of hydrogen-bond donors (Lipinski definition) is 1. The number of methoxy groups -OCH3 is 1.